The molecule has 0 saturated carbocycles. The summed E-state index contributed by atoms with van der Waals surface area (Å²) in [5, 5.41) is 12.1. The summed E-state index contributed by atoms with van der Waals surface area (Å²) in [6.45, 7) is 5.83. The van der Waals surface area contributed by atoms with Crippen molar-refractivity contribution in [2.24, 2.45) is 0 Å². The van der Waals surface area contributed by atoms with Crippen molar-refractivity contribution in [3.8, 4) is 0 Å². The fourth-order valence-corrected chi connectivity index (χ4v) is 1.48. The Bertz CT molecular complexity index is 299. The third-order valence-corrected chi connectivity index (χ3v) is 2.29. The number of carbonyl (C=O) groups is 2. The molecule has 0 aromatic heterocycles. The average molecular weight is 245 g/mol. The second kappa shape index (κ2) is 5.01. The van der Waals surface area contributed by atoms with Gasteiger partial charge in [-0.25, -0.2) is 9.59 Å². The van der Waals surface area contributed by atoms with E-state index < -0.39 is 23.1 Å². The second-order valence-electron chi connectivity index (χ2n) is 5.01. The summed E-state index contributed by atoms with van der Waals surface area (Å²) in [5.74, 6) is -2.17. The first kappa shape index (κ1) is 13.9. The quantitative estimate of drug-likeness (QED) is 0.532. The summed E-state index contributed by atoms with van der Waals surface area (Å²) in [4.78, 5) is 23.3. The number of hydrogen-bond acceptors (Lipinski definition) is 5. The van der Waals surface area contributed by atoms with Gasteiger partial charge in [-0.3, -0.25) is 0 Å². The molecule has 6 nitrogen and oxygen atoms in total. The number of rotatable bonds is 2. The minimum atomic E-state index is -1.93. The summed E-state index contributed by atoms with van der Waals surface area (Å²) in [5.41, 5.74) is -2.67. The first-order valence-electron chi connectivity index (χ1n) is 5.59. The van der Waals surface area contributed by atoms with Crippen molar-refractivity contribution < 1.29 is 24.2 Å². The van der Waals surface area contributed by atoms with Crippen LogP contribution >= 0.6 is 0 Å². The Morgan fingerprint density at radius 1 is 1.41 bits per heavy atom. The Labute approximate surface area is 100 Å². The van der Waals surface area contributed by atoms with Gasteiger partial charge in [0.05, 0.1) is 6.61 Å². The fourth-order valence-electron chi connectivity index (χ4n) is 1.48. The monoisotopic (exact) mass is 245 g/mol. The Balaban J connectivity index is 2.90. The molecule has 98 valence electrons. The normalized spacial score (nSPS) is 26.1. The van der Waals surface area contributed by atoms with Crippen molar-refractivity contribution in [1.29, 1.82) is 0 Å². The zero-order valence-corrected chi connectivity index (χ0v) is 10.4. The zero-order chi connectivity index (χ0) is 13.1. The molecule has 0 radical (unpaired) electrons. The van der Waals surface area contributed by atoms with Gasteiger partial charge in [-0.15, -0.1) is 0 Å². The molecule has 0 aliphatic carbocycles. The van der Waals surface area contributed by atoms with E-state index in [0.29, 0.717) is 13.0 Å². The van der Waals surface area contributed by atoms with E-state index in [9.17, 15) is 14.7 Å². The standard InChI is InChI=1S/C11H19NO5/c1-10(2,3)17-9(15)11(8(13)14)7-12-5-4-6-16-11/h12H,4-7H2,1-3H3,(H,13,14)/t11-/m0/s1. The van der Waals surface area contributed by atoms with Gasteiger partial charge in [0.15, 0.2) is 0 Å². The summed E-state index contributed by atoms with van der Waals surface area (Å²) < 4.78 is 10.3. The largest absolute Gasteiger partial charge is 0.479 e. The molecule has 6 heteroatoms. The van der Waals surface area contributed by atoms with Crippen LogP contribution in [0.5, 0.6) is 0 Å². The number of carbonyl (C=O) groups excluding carboxylic acids is 1. The highest BCUT2D eigenvalue weighted by Crippen LogP contribution is 2.20. The molecule has 1 saturated heterocycles. The number of aliphatic carboxylic acids is 1. The van der Waals surface area contributed by atoms with Crippen molar-refractivity contribution in [1.82, 2.24) is 5.32 Å². The Kier molecular flexibility index (Phi) is 4.11. The molecule has 1 aliphatic rings. The topological polar surface area (TPSA) is 84.9 Å². The SMILES string of the molecule is CC(C)(C)OC(=O)[C@@]1(C(=O)O)CNCCCO1. The van der Waals surface area contributed by atoms with E-state index >= 15 is 0 Å². The molecule has 0 bridgehead atoms. The first-order chi connectivity index (χ1) is 7.78. The lowest BCUT2D eigenvalue weighted by molar-refractivity contribution is -0.193. The summed E-state index contributed by atoms with van der Waals surface area (Å²) >= 11 is 0. The summed E-state index contributed by atoms with van der Waals surface area (Å²) in [7, 11) is 0. The van der Waals surface area contributed by atoms with Crippen LogP contribution in [0.4, 0.5) is 0 Å². The highest BCUT2D eigenvalue weighted by Gasteiger charge is 2.51. The van der Waals surface area contributed by atoms with E-state index in [1.807, 2.05) is 0 Å². The molecule has 0 spiro atoms. The molecular weight excluding hydrogens is 226 g/mol. The van der Waals surface area contributed by atoms with E-state index in [1.165, 1.54) is 0 Å². The van der Waals surface area contributed by atoms with Crippen LogP contribution in [0, 0.1) is 0 Å². The van der Waals surface area contributed by atoms with Crippen LogP contribution < -0.4 is 5.32 Å². The fraction of sp³-hybridized carbons (Fsp3) is 0.818. The molecule has 0 aromatic carbocycles. The van der Waals surface area contributed by atoms with Gasteiger partial charge in [0.2, 0.25) is 0 Å². The molecule has 2 N–H and O–H groups in total. The van der Waals surface area contributed by atoms with Crippen LogP contribution in [0.25, 0.3) is 0 Å². The van der Waals surface area contributed by atoms with Crippen molar-refractivity contribution in [2.45, 2.75) is 38.4 Å². The number of esters is 1. The van der Waals surface area contributed by atoms with Crippen LogP contribution in [0.2, 0.25) is 0 Å². The maximum atomic E-state index is 12.0. The summed E-state index contributed by atoms with van der Waals surface area (Å²) in [6.07, 6.45) is 0.665. The van der Waals surface area contributed by atoms with E-state index in [-0.39, 0.29) is 13.2 Å². The van der Waals surface area contributed by atoms with Crippen LogP contribution in [-0.2, 0) is 19.1 Å². The lowest BCUT2D eigenvalue weighted by Crippen LogP contribution is -2.57. The van der Waals surface area contributed by atoms with Crippen LogP contribution in [-0.4, -0.2) is 47.9 Å². The van der Waals surface area contributed by atoms with E-state index in [4.69, 9.17) is 9.47 Å². The molecule has 0 unspecified atom stereocenters. The maximum absolute atomic E-state index is 12.0. The molecule has 0 amide bonds. The number of carboxylic acids is 1. The average Bonchev–Trinajstić information content (AvgIpc) is 2.40. The number of hydrogen-bond donors (Lipinski definition) is 2. The van der Waals surface area contributed by atoms with E-state index in [2.05, 4.69) is 5.32 Å². The van der Waals surface area contributed by atoms with Crippen molar-refractivity contribution >= 4 is 11.9 Å². The third-order valence-electron chi connectivity index (χ3n) is 2.29. The van der Waals surface area contributed by atoms with Crippen molar-refractivity contribution in [3.05, 3.63) is 0 Å². The van der Waals surface area contributed by atoms with Crippen LogP contribution in [0.3, 0.4) is 0 Å². The summed E-state index contributed by atoms with van der Waals surface area (Å²) in [6, 6.07) is 0. The molecular formula is C11H19NO5. The molecule has 1 fully saturated rings. The van der Waals surface area contributed by atoms with E-state index in [1.54, 1.807) is 20.8 Å². The van der Waals surface area contributed by atoms with Gasteiger partial charge in [0.1, 0.15) is 5.60 Å². The zero-order valence-electron chi connectivity index (χ0n) is 10.4. The Morgan fingerprint density at radius 3 is 2.59 bits per heavy atom. The van der Waals surface area contributed by atoms with Gasteiger partial charge in [-0.05, 0) is 33.7 Å². The number of ether oxygens (including phenoxy) is 2. The highest BCUT2D eigenvalue weighted by atomic mass is 16.6. The van der Waals surface area contributed by atoms with Gasteiger partial charge in [0.25, 0.3) is 5.60 Å². The van der Waals surface area contributed by atoms with E-state index in [0.717, 1.165) is 0 Å². The minimum absolute atomic E-state index is 0.0722. The molecule has 0 aromatic rings. The first-order valence-corrected chi connectivity index (χ1v) is 5.59. The van der Waals surface area contributed by atoms with Crippen LogP contribution in [0.1, 0.15) is 27.2 Å². The Morgan fingerprint density at radius 2 is 2.06 bits per heavy atom. The van der Waals surface area contributed by atoms with Gasteiger partial charge in [0, 0.05) is 6.54 Å². The lowest BCUT2D eigenvalue weighted by Gasteiger charge is -2.29. The molecule has 1 rings (SSSR count). The smallest absolute Gasteiger partial charge is 0.352 e. The van der Waals surface area contributed by atoms with Gasteiger partial charge in [-0.1, -0.05) is 0 Å². The second-order valence-corrected chi connectivity index (χ2v) is 5.01. The molecule has 1 aliphatic heterocycles. The number of nitrogens with one attached hydrogen (secondary N) is 1. The molecule has 1 atom stereocenters. The van der Waals surface area contributed by atoms with Crippen molar-refractivity contribution in [2.75, 3.05) is 19.7 Å². The minimum Gasteiger partial charge on any atom is -0.479 e. The number of carboxylic acid groups (broad SMARTS) is 1. The third kappa shape index (κ3) is 3.41. The van der Waals surface area contributed by atoms with Gasteiger partial charge < -0.3 is 19.9 Å². The van der Waals surface area contributed by atoms with Gasteiger partial charge in [-0.2, -0.15) is 0 Å². The Hall–Kier alpha value is -1.14. The molecule has 17 heavy (non-hydrogen) atoms. The maximum Gasteiger partial charge on any atom is 0.352 e. The van der Waals surface area contributed by atoms with Crippen LogP contribution in [0.15, 0.2) is 0 Å². The molecule has 1 heterocycles. The lowest BCUT2D eigenvalue weighted by atomic mass is 10.0. The van der Waals surface area contributed by atoms with Gasteiger partial charge >= 0.3 is 11.9 Å². The van der Waals surface area contributed by atoms with Crippen molar-refractivity contribution in [3.63, 3.8) is 0 Å². The highest BCUT2D eigenvalue weighted by molar-refractivity contribution is 6.03. The predicted octanol–water partition coefficient (Wildman–Crippen LogP) is 0.161. The predicted molar refractivity (Wildman–Crippen MR) is 59.7 cm³/mol.